The molecule has 1 aromatic heterocycles. The predicted octanol–water partition coefficient (Wildman–Crippen LogP) is 4.47. The van der Waals surface area contributed by atoms with Gasteiger partial charge in [-0.3, -0.25) is 9.59 Å². The topological polar surface area (TPSA) is 97.6 Å². The Morgan fingerprint density at radius 2 is 1.79 bits per heavy atom. The highest BCUT2D eigenvalue weighted by molar-refractivity contribution is 6.06. The summed E-state index contributed by atoms with van der Waals surface area (Å²) in [5, 5.41) is 6.83. The van der Waals surface area contributed by atoms with Crippen LogP contribution in [0, 0.1) is 6.92 Å². The molecule has 2 amide bonds. The van der Waals surface area contributed by atoms with E-state index in [4.69, 9.17) is 9.26 Å². The van der Waals surface area contributed by atoms with Gasteiger partial charge in [-0.15, -0.1) is 0 Å². The van der Waals surface area contributed by atoms with Crippen LogP contribution in [0.5, 0.6) is 5.75 Å². The smallest absolute Gasteiger partial charge is 0.260 e. The quantitative estimate of drug-likeness (QED) is 0.598. The Morgan fingerprint density at radius 1 is 1.09 bits per heavy atom. The third kappa shape index (κ3) is 5.22. The second-order valence-electron chi connectivity index (χ2n) is 8.38. The number of ether oxygens (including phenoxy) is 1. The van der Waals surface area contributed by atoms with Crippen LogP contribution in [0.4, 0.5) is 5.69 Å². The lowest BCUT2D eigenvalue weighted by atomic mass is 9.97. The fourth-order valence-electron chi connectivity index (χ4n) is 4.23. The van der Waals surface area contributed by atoms with Crippen LogP contribution in [-0.2, 0) is 4.79 Å². The Balaban J connectivity index is 1.38. The van der Waals surface area contributed by atoms with Gasteiger partial charge in [0.25, 0.3) is 11.8 Å². The first kappa shape index (κ1) is 22.5. The molecule has 8 heteroatoms. The van der Waals surface area contributed by atoms with E-state index in [1.165, 1.54) is 0 Å². The number of benzene rings is 2. The number of hydrogen-bond donors (Lipinski definition) is 1. The lowest BCUT2D eigenvalue weighted by Crippen LogP contribution is -2.49. The SMILES string of the molecule is Cc1nc(-c2ccccc2NC(=O)c2ccc(OCC(=O)N3C(C)CCCC3C)cc2)no1. The minimum Gasteiger partial charge on any atom is -0.484 e. The third-order valence-corrected chi connectivity index (χ3v) is 5.90. The van der Waals surface area contributed by atoms with Crippen LogP contribution < -0.4 is 10.1 Å². The van der Waals surface area contributed by atoms with Crippen LogP contribution in [0.15, 0.2) is 53.1 Å². The van der Waals surface area contributed by atoms with E-state index in [1.807, 2.05) is 23.1 Å². The number of piperidine rings is 1. The number of likely N-dealkylation sites (tertiary alicyclic amines) is 1. The van der Waals surface area contributed by atoms with Crippen LogP contribution in [0.25, 0.3) is 11.4 Å². The van der Waals surface area contributed by atoms with Crippen molar-refractivity contribution >= 4 is 17.5 Å². The molecular weight excluding hydrogens is 420 g/mol. The van der Waals surface area contributed by atoms with Gasteiger partial charge in [0.15, 0.2) is 6.61 Å². The van der Waals surface area contributed by atoms with E-state index >= 15 is 0 Å². The van der Waals surface area contributed by atoms with E-state index in [1.54, 1.807) is 37.3 Å². The molecule has 0 bridgehead atoms. The highest BCUT2D eigenvalue weighted by atomic mass is 16.5. The molecule has 0 spiro atoms. The van der Waals surface area contributed by atoms with Crippen molar-refractivity contribution in [2.45, 2.75) is 52.1 Å². The summed E-state index contributed by atoms with van der Waals surface area (Å²) in [6.07, 6.45) is 3.19. The average molecular weight is 449 g/mol. The van der Waals surface area contributed by atoms with Gasteiger partial charge in [-0.1, -0.05) is 17.3 Å². The molecule has 0 radical (unpaired) electrons. The van der Waals surface area contributed by atoms with Gasteiger partial charge in [-0.2, -0.15) is 4.98 Å². The normalized spacial score (nSPS) is 18.1. The fraction of sp³-hybridized carbons (Fsp3) is 0.360. The summed E-state index contributed by atoms with van der Waals surface area (Å²) in [6, 6.07) is 14.5. The molecule has 33 heavy (non-hydrogen) atoms. The molecule has 2 unspecified atom stereocenters. The van der Waals surface area contributed by atoms with Gasteiger partial charge >= 0.3 is 0 Å². The lowest BCUT2D eigenvalue weighted by Gasteiger charge is -2.38. The maximum Gasteiger partial charge on any atom is 0.260 e. The van der Waals surface area contributed by atoms with Crippen molar-refractivity contribution in [1.29, 1.82) is 0 Å². The summed E-state index contributed by atoms with van der Waals surface area (Å²) in [5.41, 5.74) is 1.72. The van der Waals surface area contributed by atoms with Crippen molar-refractivity contribution in [1.82, 2.24) is 15.0 Å². The van der Waals surface area contributed by atoms with Crippen molar-refractivity contribution in [3.63, 3.8) is 0 Å². The second-order valence-corrected chi connectivity index (χ2v) is 8.38. The van der Waals surface area contributed by atoms with Crippen LogP contribution in [0.2, 0.25) is 0 Å². The molecule has 1 fully saturated rings. The first-order valence-electron chi connectivity index (χ1n) is 11.2. The summed E-state index contributed by atoms with van der Waals surface area (Å²) in [6.45, 7) is 5.86. The third-order valence-electron chi connectivity index (χ3n) is 5.90. The van der Waals surface area contributed by atoms with E-state index in [0.29, 0.717) is 34.3 Å². The van der Waals surface area contributed by atoms with Gasteiger partial charge in [0.2, 0.25) is 11.7 Å². The maximum absolute atomic E-state index is 12.8. The molecule has 172 valence electrons. The Kier molecular flexibility index (Phi) is 6.72. The number of carbonyl (C=O) groups is 2. The van der Waals surface area contributed by atoms with E-state index in [-0.39, 0.29) is 30.5 Å². The standard InChI is InChI=1S/C25H28N4O4/c1-16-7-6-8-17(2)29(16)23(30)15-32-20-13-11-19(12-14-20)25(31)27-22-10-5-4-9-21(22)24-26-18(3)33-28-24/h4-5,9-14,16-17H,6-8,15H2,1-3H3,(H,27,31). The Hall–Kier alpha value is -3.68. The maximum atomic E-state index is 12.8. The van der Waals surface area contributed by atoms with Crippen molar-refractivity contribution in [2.24, 2.45) is 0 Å². The van der Waals surface area contributed by atoms with Crippen molar-refractivity contribution in [3.05, 3.63) is 60.0 Å². The average Bonchev–Trinajstić information content (AvgIpc) is 3.24. The summed E-state index contributed by atoms with van der Waals surface area (Å²) in [4.78, 5) is 31.6. The van der Waals surface area contributed by atoms with Gasteiger partial charge in [-0.05, 0) is 69.5 Å². The van der Waals surface area contributed by atoms with Gasteiger partial charge < -0.3 is 19.5 Å². The minimum atomic E-state index is -0.277. The largest absolute Gasteiger partial charge is 0.484 e. The molecule has 1 aliphatic heterocycles. The van der Waals surface area contributed by atoms with Crippen LogP contribution in [0.3, 0.4) is 0 Å². The number of anilines is 1. The summed E-state index contributed by atoms with van der Waals surface area (Å²) >= 11 is 0. The monoisotopic (exact) mass is 448 g/mol. The first-order valence-corrected chi connectivity index (χ1v) is 11.2. The predicted molar refractivity (Wildman–Crippen MR) is 124 cm³/mol. The summed E-state index contributed by atoms with van der Waals surface area (Å²) in [5.74, 6) is 1.12. The second kappa shape index (κ2) is 9.85. The Bertz CT molecular complexity index is 1120. The number of aryl methyl sites for hydroxylation is 1. The molecule has 0 aliphatic carbocycles. The van der Waals surface area contributed by atoms with Crippen molar-refractivity contribution in [2.75, 3.05) is 11.9 Å². The number of para-hydroxylation sites is 1. The highest BCUT2D eigenvalue weighted by Crippen LogP contribution is 2.26. The molecule has 1 N–H and O–H groups in total. The molecule has 4 rings (SSSR count). The van der Waals surface area contributed by atoms with Gasteiger partial charge in [0.1, 0.15) is 5.75 Å². The number of nitrogens with zero attached hydrogens (tertiary/aromatic N) is 3. The molecule has 0 saturated carbocycles. The lowest BCUT2D eigenvalue weighted by molar-refractivity contribution is -0.139. The van der Waals surface area contributed by atoms with Gasteiger partial charge in [0, 0.05) is 30.1 Å². The molecule has 2 aromatic carbocycles. The zero-order chi connectivity index (χ0) is 23.4. The number of amides is 2. The van der Waals surface area contributed by atoms with Crippen molar-refractivity contribution in [3.8, 4) is 17.1 Å². The number of rotatable bonds is 6. The fourth-order valence-corrected chi connectivity index (χ4v) is 4.23. The highest BCUT2D eigenvalue weighted by Gasteiger charge is 2.29. The van der Waals surface area contributed by atoms with Gasteiger partial charge in [0.05, 0.1) is 5.69 Å². The molecule has 1 aliphatic rings. The molecule has 3 aromatic rings. The molecule has 8 nitrogen and oxygen atoms in total. The minimum absolute atomic E-state index is 0.00942. The molecular formula is C25H28N4O4. The number of carbonyl (C=O) groups excluding carboxylic acids is 2. The number of nitrogens with one attached hydrogen (secondary N) is 1. The van der Waals surface area contributed by atoms with E-state index in [0.717, 1.165) is 19.3 Å². The van der Waals surface area contributed by atoms with Crippen LogP contribution >= 0.6 is 0 Å². The molecule has 2 heterocycles. The molecule has 1 saturated heterocycles. The van der Waals surface area contributed by atoms with Crippen LogP contribution in [-0.4, -0.2) is 45.5 Å². The van der Waals surface area contributed by atoms with E-state index in [2.05, 4.69) is 29.3 Å². The summed E-state index contributed by atoms with van der Waals surface area (Å²) in [7, 11) is 0. The Labute approximate surface area is 192 Å². The van der Waals surface area contributed by atoms with Gasteiger partial charge in [-0.25, -0.2) is 0 Å². The zero-order valence-corrected chi connectivity index (χ0v) is 19.1. The first-order chi connectivity index (χ1) is 15.9. The number of aromatic nitrogens is 2. The van der Waals surface area contributed by atoms with E-state index < -0.39 is 0 Å². The summed E-state index contributed by atoms with van der Waals surface area (Å²) < 4.78 is 10.8. The van der Waals surface area contributed by atoms with Crippen molar-refractivity contribution < 1.29 is 18.8 Å². The number of hydrogen-bond acceptors (Lipinski definition) is 6. The Morgan fingerprint density at radius 3 is 2.45 bits per heavy atom. The van der Waals surface area contributed by atoms with E-state index in [9.17, 15) is 9.59 Å². The zero-order valence-electron chi connectivity index (χ0n) is 19.1. The van der Waals surface area contributed by atoms with Crippen LogP contribution in [0.1, 0.15) is 49.4 Å². The molecule has 2 atom stereocenters.